The summed E-state index contributed by atoms with van der Waals surface area (Å²) in [7, 11) is 0. The van der Waals surface area contributed by atoms with Crippen LogP contribution in [0.2, 0.25) is 5.02 Å². The van der Waals surface area contributed by atoms with Crippen LogP contribution < -0.4 is 15.4 Å². The monoisotopic (exact) mass is 430 g/mol. The van der Waals surface area contributed by atoms with Crippen molar-refractivity contribution in [2.75, 3.05) is 17.2 Å². The molecule has 1 amide bonds. The molecule has 0 saturated heterocycles. The molecule has 0 spiro atoms. The third-order valence-electron chi connectivity index (χ3n) is 3.70. The number of carbonyl (C=O) groups excluding carboxylic acids is 1. The lowest BCUT2D eigenvalue weighted by Crippen LogP contribution is -2.12. The van der Waals surface area contributed by atoms with E-state index in [2.05, 4.69) is 20.6 Å². The Morgan fingerprint density at radius 3 is 2.89 bits per heavy atom. The van der Waals surface area contributed by atoms with Crippen molar-refractivity contribution in [3.63, 3.8) is 0 Å². The Bertz CT molecular complexity index is 1140. The standard InChI is InChI=1S/C19H15ClN4O2S2/c1-2-26-13-6-7-14-16(9-13)28-19(22-14)24-17(25)15-10-27-18(23-15)21-12-5-3-4-11(20)8-12/h3-10H,2H2,1H3,(H,21,23)(H,22,24,25). The van der Waals surface area contributed by atoms with Crippen molar-refractivity contribution < 1.29 is 9.53 Å². The topological polar surface area (TPSA) is 76.1 Å². The molecule has 0 unspecified atom stereocenters. The predicted molar refractivity (Wildman–Crippen MR) is 116 cm³/mol. The van der Waals surface area contributed by atoms with Crippen molar-refractivity contribution in [2.45, 2.75) is 6.92 Å². The number of ether oxygens (including phenoxy) is 1. The minimum absolute atomic E-state index is 0.306. The smallest absolute Gasteiger partial charge is 0.276 e. The van der Waals surface area contributed by atoms with Gasteiger partial charge in [0.1, 0.15) is 11.4 Å². The average Bonchev–Trinajstić information content (AvgIpc) is 3.28. The summed E-state index contributed by atoms with van der Waals surface area (Å²) in [5.41, 5.74) is 1.94. The van der Waals surface area contributed by atoms with E-state index in [4.69, 9.17) is 16.3 Å². The molecular weight excluding hydrogens is 416 g/mol. The van der Waals surface area contributed by atoms with E-state index in [0.717, 1.165) is 21.7 Å². The van der Waals surface area contributed by atoms with Crippen LogP contribution in [0.25, 0.3) is 10.2 Å². The van der Waals surface area contributed by atoms with Gasteiger partial charge >= 0.3 is 0 Å². The van der Waals surface area contributed by atoms with Crippen molar-refractivity contribution in [1.82, 2.24) is 9.97 Å². The number of halogens is 1. The first-order chi connectivity index (χ1) is 13.6. The van der Waals surface area contributed by atoms with Gasteiger partial charge in [-0.25, -0.2) is 9.97 Å². The maximum absolute atomic E-state index is 12.5. The number of thiazole rings is 2. The lowest BCUT2D eigenvalue weighted by atomic mass is 10.3. The van der Waals surface area contributed by atoms with E-state index in [1.807, 2.05) is 37.3 Å². The van der Waals surface area contributed by atoms with Crippen molar-refractivity contribution in [3.8, 4) is 5.75 Å². The van der Waals surface area contributed by atoms with Crippen LogP contribution >= 0.6 is 34.3 Å². The van der Waals surface area contributed by atoms with Gasteiger partial charge in [0.05, 0.1) is 16.8 Å². The van der Waals surface area contributed by atoms with E-state index in [1.54, 1.807) is 17.5 Å². The zero-order chi connectivity index (χ0) is 19.5. The molecule has 28 heavy (non-hydrogen) atoms. The third kappa shape index (κ3) is 4.24. The third-order valence-corrected chi connectivity index (χ3v) is 5.63. The van der Waals surface area contributed by atoms with E-state index < -0.39 is 0 Å². The fraction of sp³-hybridized carbons (Fsp3) is 0.105. The number of anilines is 3. The first kappa shape index (κ1) is 18.7. The van der Waals surface area contributed by atoms with E-state index in [0.29, 0.717) is 27.6 Å². The Morgan fingerprint density at radius 1 is 1.18 bits per heavy atom. The number of nitrogens with zero attached hydrogens (tertiary/aromatic N) is 2. The molecule has 2 aromatic carbocycles. The number of aromatic nitrogens is 2. The molecule has 2 aromatic heterocycles. The number of benzene rings is 2. The molecule has 6 nitrogen and oxygen atoms in total. The number of carbonyl (C=O) groups is 1. The number of nitrogens with one attached hydrogen (secondary N) is 2. The van der Waals surface area contributed by atoms with Gasteiger partial charge in [-0.1, -0.05) is 29.0 Å². The largest absolute Gasteiger partial charge is 0.494 e. The number of amides is 1. The van der Waals surface area contributed by atoms with Crippen LogP contribution in [0.15, 0.2) is 47.8 Å². The Labute approximate surface area is 174 Å². The number of fused-ring (bicyclic) bond motifs is 1. The maximum atomic E-state index is 12.5. The van der Waals surface area contributed by atoms with E-state index >= 15 is 0 Å². The summed E-state index contributed by atoms with van der Waals surface area (Å²) in [6.07, 6.45) is 0. The van der Waals surface area contributed by atoms with E-state index in [-0.39, 0.29) is 5.91 Å². The van der Waals surface area contributed by atoms with E-state index in [9.17, 15) is 4.79 Å². The van der Waals surface area contributed by atoms with Gasteiger partial charge in [0, 0.05) is 16.1 Å². The number of hydrogen-bond acceptors (Lipinski definition) is 7. The summed E-state index contributed by atoms with van der Waals surface area (Å²) in [6.45, 7) is 2.54. The zero-order valence-corrected chi connectivity index (χ0v) is 17.1. The fourth-order valence-corrected chi connectivity index (χ4v) is 4.29. The second kappa shape index (κ2) is 8.14. The summed E-state index contributed by atoms with van der Waals surface area (Å²) in [4.78, 5) is 21.3. The Hall–Kier alpha value is -2.68. The molecule has 2 N–H and O–H groups in total. The van der Waals surface area contributed by atoms with Gasteiger partial charge in [-0.05, 0) is 43.3 Å². The van der Waals surface area contributed by atoms with Crippen LogP contribution in [0, 0.1) is 0 Å². The summed E-state index contributed by atoms with van der Waals surface area (Å²) in [6, 6.07) is 13.0. The number of hydrogen-bond donors (Lipinski definition) is 2. The second-order valence-electron chi connectivity index (χ2n) is 5.71. The first-order valence-electron chi connectivity index (χ1n) is 8.43. The molecular formula is C19H15ClN4O2S2. The van der Waals surface area contributed by atoms with Gasteiger partial charge in [-0.3, -0.25) is 10.1 Å². The maximum Gasteiger partial charge on any atom is 0.276 e. The van der Waals surface area contributed by atoms with Crippen molar-refractivity contribution in [2.24, 2.45) is 0 Å². The van der Waals surface area contributed by atoms with Gasteiger partial charge in [0.25, 0.3) is 5.91 Å². The minimum Gasteiger partial charge on any atom is -0.494 e. The van der Waals surface area contributed by atoms with Crippen molar-refractivity contribution >= 4 is 66.3 Å². The highest BCUT2D eigenvalue weighted by Crippen LogP contribution is 2.30. The average molecular weight is 431 g/mol. The highest BCUT2D eigenvalue weighted by Gasteiger charge is 2.14. The molecule has 0 aliphatic carbocycles. The van der Waals surface area contributed by atoms with Crippen molar-refractivity contribution in [3.05, 3.63) is 58.6 Å². The molecule has 0 fully saturated rings. The first-order valence-corrected chi connectivity index (χ1v) is 10.5. The molecule has 2 heterocycles. The Morgan fingerprint density at radius 2 is 2.07 bits per heavy atom. The lowest BCUT2D eigenvalue weighted by molar-refractivity contribution is 0.102. The summed E-state index contributed by atoms with van der Waals surface area (Å²) < 4.78 is 6.45. The van der Waals surface area contributed by atoms with Crippen LogP contribution in [0.1, 0.15) is 17.4 Å². The molecule has 4 aromatic rings. The molecule has 142 valence electrons. The summed E-state index contributed by atoms with van der Waals surface area (Å²) in [5.74, 6) is 0.479. The van der Waals surface area contributed by atoms with E-state index in [1.165, 1.54) is 22.7 Å². The molecule has 0 saturated carbocycles. The molecule has 0 atom stereocenters. The molecule has 0 radical (unpaired) electrons. The Balaban J connectivity index is 1.46. The van der Waals surface area contributed by atoms with Crippen molar-refractivity contribution in [1.29, 1.82) is 0 Å². The summed E-state index contributed by atoms with van der Waals surface area (Å²) >= 11 is 8.72. The number of rotatable bonds is 6. The molecule has 4 rings (SSSR count). The van der Waals surface area contributed by atoms with Crippen LogP contribution in [-0.4, -0.2) is 22.5 Å². The second-order valence-corrected chi connectivity index (χ2v) is 8.03. The normalized spacial score (nSPS) is 10.8. The van der Waals surface area contributed by atoms with Gasteiger partial charge in [0.15, 0.2) is 10.3 Å². The van der Waals surface area contributed by atoms with Gasteiger partial charge in [0.2, 0.25) is 0 Å². The van der Waals surface area contributed by atoms with Gasteiger partial charge < -0.3 is 10.1 Å². The fourth-order valence-electron chi connectivity index (χ4n) is 2.50. The van der Waals surface area contributed by atoms with Crippen LogP contribution in [0.3, 0.4) is 0 Å². The predicted octanol–water partition coefficient (Wildman–Crippen LogP) is 5.80. The molecule has 0 aliphatic heterocycles. The highest BCUT2D eigenvalue weighted by molar-refractivity contribution is 7.22. The zero-order valence-electron chi connectivity index (χ0n) is 14.7. The molecule has 0 bridgehead atoms. The lowest BCUT2D eigenvalue weighted by Gasteiger charge is -2.02. The molecule has 0 aliphatic rings. The van der Waals surface area contributed by atoms with Crippen LogP contribution in [-0.2, 0) is 0 Å². The van der Waals surface area contributed by atoms with Crippen LogP contribution in [0.4, 0.5) is 16.0 Å². The van der Waals surface area contributed by atoms with Gasteiger partial charge in [-0.2, -0.15) is 0 Å². The van der Waals surface area contributed by atoms with Crippen LogP contribution in [0.5, 0.6) is 5.75 Å². The summed E-state index contributed by atoms with van der Waals surface area (Å²) in [5, 5.41) is 9.40. The molecule has 9 heteroatoms. The van der Waals surface area contributed by atoms with Gasteiger partial charge in [-0.15, -0.1) is 11.3 Å². The quantitative estimate of drug-likeness (QED) is 0.404. The Kier molecular flexibility index (Phi) is 5.43. The minimum atomic E-state index is -0.306. The highest BCUT2D eigenvalue weighted by atomic mass is 35.5. The SMILES string of the molecule is CCOc1ccc2nc(NC(=O)c3csc(Nc4cccc(Cl)c4)n3)sc2c1.